The molecule has 182 valence electrons. The Labute approximate surface area is 189 Å². The Morgan fingerprint density at radius 3 is 2.25 bits per heavy atom. The minimum absolute atomic E-state index is 0.0189. The fourth-order valence-corrected chi connectivity index (χ4v) is 6.27. The minimum atomic E-state index is -1.64. The van der Waals surface area contributed by atoms with E-state index in [-0.39, 0.29) is 37.4 Å². The average molecular weight is 455 g/mol. The molecule has 3 rings (SSSR count). The highest BCUT2D eigenvalue weighted by Crippen LogP contribution is 2.55. The molecular weight excluding hydrogens is 416 g/mol. The van der Waals surface area contributed by atoms with Crippen molar-refractivity contribution in [2.24, 2.45) is 16.7 Å². The maximum Gasteiger partial charge on any atom is 0.303 e. The molecule has 0 aromatic carbocycles. The average Bonchev–Trinajstić information content (AvgIpc) is 2.66. The first-order valence-electron chi connectivity index (χ1n) is 11.4. The van der Waals surface area contributed by atoms with Crippen molar-refractivity contribution in [1.82, 2.24) is 0 Å². The van der Waals surface area contributed by atoms with Gasteiger partial charge in [-0.05, 0) is 30.9 Å². The number of rotatable bonds is 5. The van der Waals surface area contributed by atoms with Crippen molar-refractivity contribution in [2.45, 2.75) is 103 Å². The maximum atomic E-state index is 13.8. The van der Waals surface area contributed by atoms with Gasteiger partial charge in [0.25, 0.3) is 0 Å². The number of fused-ring (bicyclic) bond motifs is 1. The Balaban J connectivity index is 2.01. The highest BCUT2D eigenvalue weighted by molar-refractivity contribution is 5.92. The van der Waals surface area contributed by atoms with Crippen LogP contribution in [-0.4, -0.2) is 74.4 Å². The fourth-order valence-electron chi connectivity index (χ4n) is 6.27. The van der Waals surface area contributed by atoms with Crippen LogP contribution in [0.3, 0.4) is 0 Å². The van der Waals surface area contributed by atoms with Crippen LogP contribution < -0.4 is 0 Å². The topological polar surface area (TPSA) is 134 Å². The van der Waals surface area contributed by atoms with E-state index >= 15 is 0 Å². The fraction of sp³-hybridized carbons (Fsp3) is 0.833. The summed E-state index contributed by atoms with van der Waals surface area (Å²) in [5, 5.41) is 44.4. The lowest BCUT2D eigenvalue weighted by molar-refractivity contribution is -0.291. The van der Waals surface area contributed by atoms with E-state index in [0.717, 1.165) is 0 Å². The van der Waals surface area contributed by atoms with Crippen LogP contribution in [0.25, 0.3) is 0 Å². The molecule has 4 N–H and O–H groups in total. The largest absolute Gasteiger partial charge is 0.454 e. The number of ether oxygens (including phenoxy) is 2. The van der Waals surface area contributed by atoms with E-state index in [0.29, 0.717) is 5.57 Å². The molecule has 1 heterocycles. The van der Waals surface area contributed by atoms with Gasteiger partial charge in [-0.1, -0.05) is 27.7 Å². The summed E-state index contributed by atoms with van der Waals surface area (Å²) in [6, 6.07) is 0. The number of hydrogen-bond donors (Lipinski definition) is 4. The Morgan fingerprint density at radius 2 is 1.78 bits per heavy atom. The molecule has 0 aromatic rings. The van der Waals surface area contributed by atoms with Crippen molar-refractivity contribution in [3.8, 4) is 0 Å². The van der Waals surface area contributed by atoms with Gasteiger partial charge < -0.3 is 29.9 Å². The zero-order valence-electron chi connectivity index (χ0n) is 20.1. The van der Waals surface area contributed by atoms with Crippen LogP contribution in [0.2, 0.25) is 0 Å². The second kappa shape index (κ2) is 7.87. The Hall–Kier alpha value is -1.32. The quantitative estimate of drug-likeness (QED) is 0.361. The van der Waals surface area contributed by atoms with Crippen LogP contribution in [0, 0.1) is 16.7 Å². The van der Waals surface area contributed by atoms with Crippen molar-refractivity contribution in [1.29, 1.82) is 0 Å². The zero-order chi connectivity index (χ0) is 24.4. The van der Waals surface area contributed by atoms with Gasteiger partial charge in [0.15, 0.2) is 11.4 Å². The SMILES string of the molecule is CC(=O)OC12COC1CC(O)[C@@](C)(C(=O)C(O)C1=C(C)C(O)CC(O)(C(C)C)C1(C)C)C2. The second-order valence-corrected chi connectivity index (χ2v) is 11.1. The van der Waals surface area contributed by atoms with Crippen LogP contribution in [0.5, 0.6) is 0 Å². The molecule has 2 aliphatic carbocycles. The molecule has 0 bridgehead atoms. The number of carbonyl (C=O) groups is 2. The van der Waals surface area contributed by atoms with Gasteiger partial charge in [-0.15, -0.1) is 0 Å². The molecule has 1 saturated carbocycles. The lowest BCUT2D eigenvalue weighted by Gasteiger charge is -2.57. The van der Waals surface area contributed by atoms with Gasteiger partial charge in [0.1, 0.15) is 12.2 Å². The first-order chi connectivity index (χ1) is 14.5. The molecule has 1 saturated heterocycles. The summed E-state index contributed by atoms with van der Waals surface area (Å²) in [7, 11) is 0. The smallest absolute Gasteiger partial charge is 0.303 e. The molecule has 0 aromatic heterocycles. The normalized spacial score (nSPS) is 42.2. The number of aliphatic hydroxyl groups is 4. The third kappa shape index (κ3) is 3.46. The standard InChI is InChI=1S/C24H38O8/c1-12(2)24(30)9-15(26)13(3)18(21(24,5)6)19(28)20(29)22(7)10-23(32-14(4)25)11-31-17(23)8-16(22)27/h12,15-17,19,26-28,30H,8-11H2,1-7H3/t15?,16?,17?,19?,22-,23?,24?/m0/s1. The summed E-state index contributed by atoms with van der Waals surface area (Å²) in [4.78, 5) is 25.5. The van der Waals surface area contributed by atoms with Crippen molar-refractivity contribution in [3.05, 3.63) is 11.1 Å². The van der Waals surface area contributed by atoms with E-state index in [9.17, 15) is 30.0 Å². The molecule has 0 spiro atoms. The maximum absolute atomic E-state index is 13.8. The van der Waals surface area contributed by atoms with Gasteiger partial charge in [-0.3, -0.25) is 9.59 Å². The number of Topliss-reactive ketones (excluding diaryl/α,β-unsaturated/α-hetero) is 1. The van der Waals surface area contributed by atoms with E-state index in [1.807, 2.05) is 13.8 Å². The lowest BCUT2D eigenvalue weighted by Crippen LogP contribution is -2.70. The molecule has 8 nitrogen and oxygen atoms in total. The number of hydrogen-bond acceptors (Lipinski definition) is 8. The molecule has 3 aliphatic rings. The number of ketones is 1. The molecule has 1 aliphatic heterocycles. The van der Waals surface area contributed by atoms with Crippen molar-refractivity contribution >= 4 is 11.8 Å². The van der Waals surface area contributed by atoms with Crippen LogP contribution in [0.4, 0.5) is 0 Å². The molecule has 0 radical (unpaired) electrons. The van der Waals surface area contributed by atoms with E-state index in [1.54, 1.807) is 27.7 Å². The first kappa shape index (κ1) is 25.3. The molecule has 2 fully saturated rings. The Bertz CT molecular complexity index is 832. The minimum Gasteiger partial charge on any atom is -0.454 e. The highest BCUT2D eigenvalue weighted by Gasteiger charge is 2.65. The third-order valence-corrected chi connectivity index (χ3v) is 8.53. The van der Waals surface area contributed by atoms with Gasteiger partial charge in [-0.25, -0.2) is 0 Å². The summed E-state index contributed by atoms with van der Waals surface area (Å²) in [5.41, 5.74) is -4.05. The lowest BCUT2D eigenvalue weighted by atomic mass is 9.54. The molecular formula is C24H38O8. The van der Waals surface area contributed by atoms with E-state index in [4.69, 9.17) is 9.47 Å². The van der Waals surface area contributed by atoms with E-state index < -0.39 is 58.2 Å². The van der Waals surface area contributed by atoms with Crippen LogP contribution in [0.15, 0.2) is 11.1 Å². The van der Waals surface area contributed by atoms with Gasteiger partial charge in [0.2, 0.25) is 0 Å². The first-order valence-corrected chi connectivity index (χ1v) is 11.4. The third-order valence-electron chi connectivity index (χ3n) is 8.53. The summed E-state index contributed by atoms with van der Waals surface area (Å²) in [6.45, 7) is 11.9. The molecule has 0 amide bonds. The molecule has 32 heavy (non-hydrogen) atoms. The van der Waals surface area contributed by atoms with Crippen LogP contribution >= 0.6 is 0 Å². The summed E-state index contributed by atoms with van der Waals surface area (Å²) >= 11 is 0. The Morgan fingerprint density at radius 1 is 1.19 bits per heavy atom. The highest BCUT2D eigenvalue weighted by atomic mass is 16.6. The summed E-state index contributed by atoms with van der Waals surface area (Å²) < 4.78 is 11.0. The molecule has 6 unspecified atom stereocenters. The van der Waals surface area contributed by atoms with Crippen LogP contribution in [-0.2, 0) is 19.1 Å². The van der Waals surface area contributed by atoms with Gasteiger partial charge in [0, 0.05) is 31.6 Å². The number of esters is 1. The number of carbonyl (C=O) groups excluding carboxylic acids is 2. The van der Waals surface area contributed by atoms with Gasteiger partial charge in [-0.2, -0.15) is 0 Å². The second-order valence-electron chi connectivity index (χ2n) is 11.1. The number of aliphatic hydroxyl groups excluding tert-OH is 3. The van der Waals surface area contributed by atoms with E-state index in [1.165, 1.54) is 6.92 Å². The summed E-state index contributed by atoms with van der Waals surface area (Å²) in [6.07, 6.45) is -4.04. The predicted octanol–water partition coefficient (Wildman–Crippen LogP) is 1.27. The molecule has 7 atom stereocenters. The predicted molar refractivity (Wildman–Crippen MR) is 115 cm³/mol. The van der Waals surface area contributed by atoms with Crippen molar-refractivity contribution < 1.29 is 39.5 Å². The monoisotopic (exact) mass is 454 g/mol. The van der Waals surface area contributed by atoms with Gasteiger partial charge in [0.05, 0.1) is 29.8 Å². The van der Waals surface area contributed by atoms with Gasteiger partial charge >= 0.3 is 5.97 Å². The molecule has 8 heteroatoms. The zero-order valence-corrected chi connectivity index (χ0v) is 20.1. The Kier molecular flexibility index (Phi) is 6.23. The van der Waals surface area contributed by atoms with Crippen molar-refractivity contribution in [2.75, 3.05) is 6.61 Å². The summed E-state index contributed by atoms with van der Waals surface area (Å²) in [5.74, 6) is -1.36. The van der Waals surface area contributed by atoms with Crippen molar-refractivity contribution in [3.63, 3.8) is 0 Å². The van der Waals surface area contributed by atoms with Crippen LogP contribution in [0.1, 0.15) is 67.7 Å². The van der Waals surface area contributed by atoms with E-state index in [2.05, 4.69) is 0 Å².